The highest BCUT2D eigenvalue weighted by molar-refractivity contribution is 5.95. The molecule has 0 aliphatic carbocycles. The number of nitrogens with one attached hydrogen (secondary N) is 1. The van der Waals surface area contributed by atoms with E-state index in [1.54, 1.807) is 12.1 Å². The molecule has 0 aromatic heterocycles. The number of aliphatic hydroxyl groups is 1. The maximum absolute atomic E-state index is 11.1. The molecule has 1 aromatic carbocycles. The quantitative estimate of drug-likeness (QED) is 0.733. The number of hydrogen-bond donors (Lipinski definition) is 3. The summed E-state index contributed by atoms with van der Waals surface area (Å²) in [6.45, 7) is 5.78. The van der Waals surface area contributed by atoms with Crippen molar-refractivity contribution in [3.8, 4) is 0 Å². The average molecular weight is 237 g/mol. The van der Waals surface area contributed by atoms with E-state index >= 15 is 0 Å². The summed E-state index contributed by atoms with van der Waals surface area (Å²) in [4.78, 5) is 11.1. The molecule has 1 aromatic rings. The van der Waals surface area contributed by atoms with Crippen LogP contribution in [-0.2, 0) is 0 Å². The second kappa shape index (κ2) is 5.68. The van der Waals surface area contributed by atoms with Crippen LogP contribution in [0.2, 0.25) is 0 Å². The Balaban J connectivity index is 3.00. The lowest BCUT2D eigenvalue weighted by Crippen LogP contribution is -2.27. The molecule has 0 amide bonds. The molecule has 4 heteroatoms. The number of benzene rings is 1. The molecule has 0 aliphatic heterocycles. The molecule has 1 rings (SSSR count). The number of para-hydroxylation sites is 1. The lowest BCUT2D eigenvalue weighted by Gasteiger charge is -2.22. The first kappa shape index (κ1) is 13.5. The van der Waals surface area contributed by atoms with Crippen LogP contribution < -0.4 is 5.32 Å². The number of aryl methyl sites for hydroxylation is 1. The van der Waals surface area contributed by atoms with Crippen molar-refractivity contribution in [3.05, 3.63) is 29.3 Å². The van der Waals surface area contributed by atoms with E-state index in [0.29, 0.717) is 5.69 Å². The van der Waals surface area contributed by atoms with Crippen molar-refractivity contribution >= 4 is 11.7 Å². The van der Waals surface area contributed by atoms with E-state index < -0.39 is 5.97 Å². The second-order valence-corrected chi connectivity index (χ2v) is 4.40. The molecule has 0 saturated heterocycles. The lowest BCUT2D eigenvalue weighted by molar-refractivity contribution is 0.0698. The summed E-state index contributed by atoms with van der Waals surface area (Å²) in [5.74, 6) is -0.878. The molecule has 0 fully saturated rings. The second-order valence-electron chi connectivity index (χ2n) is 4.40. The summed E-state index contributed by atoms with van der Waals surface area (Å²) >= 11 is 0. The van der Waals surface area contributed by atoms with Crippen molar-refractivity contribution in [3.63, 3.8) is 0 Å². The molecule has 17 heavy (non-hydrogen) atoms. The largest absolute Gasteiger partial charge is 0.478 e. The van der Waals surface area contributed by atoms with Gasteiger partial charge in [0.05, 0.1) is 11.3 Å². The number of carboxylic acid groups (broad SMARTS) is 1. The Kier molecular flexibility index (Phi) is 4.52. The Labute approximate surface area is 101 Å². The number of aromatic carboxylic acids is 1. The van der Waals surface area contributed by atoms with E-state index in [1.807, 2.05) is 26.8 Å². The van der Waals surface area contributed by atoms with Crippen LogP contribution in [0, 0.1) is 12.8 Å². The van der Waals surface area contributed by atoms with Crippen LogP contribution in [0.15, 0.2) is 18.2 Å². The number of carboxylic acids is 1. The molecule has 0 bridgehead atoms. The summed E-state index contributed by atoms with van der Waals surface area (Å²) in [6, 6.07) is 5.18. The van der Waals surface area contributed by atoms with E-state index in [9.17, 15) is 4.79 Å². The van der Waals surface area contributed by atoms with Crippen LogP contribution >= 0.6 is 0 Å². The van der Waals surface area contributed by atoms with E-state index in [0.717, 1.165) is 5.56 Å². The fraction of sp³-hybridized carbons (Fsp3) is 0.462. The minimum absolute atomic E-state index is 0.0131. The van der Waals surface area contributed by atoms with E-state index in [2.05, 4.69) is 5.32 Å². The van der Waals surface area contributed by atoms with Crippen molar-refractivity contribution in [1.29, 1.82) is 0 Å². The molecular weight excluding hydrogens is 218 g/mol. The average Bonchev–Trinajstić information content (AvgIpc) is 2.30. The first-order valence-corrected chi connectivity index (χ1v) is 5.67. The maximum Gasteiger partial charge on any atom is 0.337 e. The molecular formula is C13H19NO3. The molecule has 0 heterocycles. The molecule has 0 spiro atoms. The van der Waals surface area contributed by atoms with Gasteiger partial charge in [0, 0.05) is 12.6 Å². The molecule has 94 valence electrons. The maximum atomic E-state index is 11.1. The van der Waals surface area contributed by atoms with E-state index in [-0.39, 0.29) is 24.1 Å². The van der Waals surface area contributed by atoms with Gasteiger partial charge in [-0.3, -0.25) is 0 Å². The lowest BCUT2D eigenvalue weighted by atomic mass is 10.0. The van der Waals surface area contributed by atoms with Crippen molar-refractivity contribution < 1.29 is 15.0 Å². The van der Waals surface area contributed by atoms with Gasteiger partial charge in [-0.05, 0) is 31.4 Å². The summed E-state index contributed by atoms with van der Waals surface area (Å²) < 4.78 is 0. The monoisotopic (exact) mass is 237 g/mol. The van der Waals surface area contributed by atoms with Crippen LogP contribution in [0.25, 0.3) is 0 Å². The van der Waals surface area contributed by atoms with Gasteiger partial charge in [0.1, 0.15) is 0 Å². The smallest absolute Gasteiger partial charge is 0.337 e. The van der Waals surface area contributed by atoms with Crippen molar-refractivity contribution in [1.82, 2.24) is 0 Å². The third-order valence-electron chi connectivity index (χ3n) is 3.02. The topological polar surface area (TPSA) is 69.6 Å². The molecule has 2 unspecified atom stereocenters. The molecule has 0 radical (unpaired) electrons. The van der Waals surface area contributed by atoms with Gasteiger partial charge in [0.15, 0.2) is 0 Å². The van der Waals surface area contributed by atoms with Gasteiger partial charge in [-0.25, -0.2) is 4.79 Å². The fourth-order valence-corrected chi connectivity index (χ4v) is 1.57. The Morgan fingerprint density at radius 3 is 2.59 bits per heavy atom. The van der Waals surface area contributed by atoms with Crippen LogP contribution in [0.4, 0.5) is 5.69 Å². The van der Waals surface area contributed by atoms with Gasteiger partial charge >= 0.3 is 5.97 Å². The zero-order valence-corrected chi connectivity index (χ0v) is 10.4. The van der Waals surface area contributed by atoms with Gasteiger partial charge in [0.2, 0.25) is 0 Å². The highest BCUT2D eigenvalue weighted by Gasteiger charge is 2.16. The van der Waals surface area contributed by atoms with Gasteiger partial charge in [-0.15, -0.1) is 0 Å². The Bertz CT molecular complexity index is 404. The zero-order valence-electron chi connectivity index (χ0n) is 10.4. The number of anilines is 1. The highest BCUT2D eigenvalue weighted by atomic mass is 16.4. The van der Waals surface area contributed by atoms with Gasteiger partial charge in [0.25, 0.3) is 0 Å². The fourth-order valence-electron chi connectivity index (χ4n) is 1.57. The van der Waals surface area contributed by atoms with E-state index in [1.165, 1.54) is 0 Å². The van der Waals surface area contributed by atoms with Crippen LogP contribution in [-0.4, -0.2) is 28.8 Å². The standard InChI is InChI=1S/C13H19NO3/c1-8-5-4-6-11(13(16)17)12(8)14-10(3)9(2)7-15/h4-6,9-10,14-15H,7H2,1-3H3,(H,16,17). The van der Waals surface area contributed by atoms with Gasteiger partial charge in [-0.2, -0.15) is 0 Å². The SMILES string of the molecule is Cc1cccc(C(=O)O)c1NC(C)C(C)CO. The summed E-state index contributed by atoms with van der Waals surface area (Å²) in [6.07, 6.45) is 0. The predicted molar refractivity (Wildman–Crippen MR) is 67.5 cm³/mol. The Morgan fingerprint density at radius 1 is 1.41 bits per heavy atom. The zero-order chi connectivity index (χ0) is 13.0. The molecule has 0 aliphatic rings. The third-order valence-corrected chi connectivity index (χ3v) is 3.02. The van der Waals surface area contributed by atoms with Gasteiger partial charge < -0.3 is 15.5 Å². The van der Waals surface area contributed by atoms with Crippen molar-refractivity contribution in [2.75, 3.05) is 11.9 Å². The Morgan fingerprint density at radius 2 is 2.06 bits per heavy atom. The van der Waals surface area contributed by atoms with E-state index in [4.69, 9.17) is 10.2 Å². The molecule has 0 saturated carbocycles. The van der Waals surface area contributed by atoms with Crippen LogP contribution in [0.5, 0.6) is 0 Å². The minimum atomic E-state index is -0.944. The third kappa shape index (κ3) is 3.20. The first-order valence-electron chi connectivity index (χ1n) is 5.67. The van der Waals surface area contributed by atoms with Crippen molar-refractivity contribution in [2.24, 2.45) is 5.92 Å². The van der Waals surface area contributed by atoms with Crippen LogP contribution in [0.3, 0.4) is 0 Å². The Hall–Kier alpha value is -1.55. The first-order chi connectivity index (χ1) is 7.97. The molecule has 3 N–H and O–H groups in total. The molecule has 4 nitrogen and oxygen atoms in total. The normalized spacial score (nSPS) is 14.1. The minimum Gasteiger partial charge on any atom is -0.478 e. The summed E-state index contributed by atoms with van der Waals surface area (Å²) in [7, 11) is 0. The number of carbonyl (C=O) groups is 1. The summed E-state index contributed by atoms with van der Waals surface area (Å²) in [5.41, 5.74) is 1.79. The predicted octanol–water partition coefficient (Wildman–Crippen LogP) is 2.12. The number of aliphatic hydroxyl groups excluding tert-OH is 1. The van der Waals surface area contributed by atoms with Crippen LogP contribution in [0.1, 0.15) is 29.8 Å². The number of hydrogen-bond acceptors (Lipinski definition) is 3. The van der Waals surface area contributed by atoms with Gasteiger partial charge in [-0.1, -0.05) is 19.1 Å². The highest BCUT2D eigenvalue weighted by Crippen LogP contribution is 2.22. The summed E-state index contributed by atoms with van der Waals surface area (Å²) in [5, 5.41) is 21.4. The number of rotatable bonds is 5. The molecule has 2 atom stereocenters. The van der Waals surface area contributed by atoms with Crippen molar-refractivity contribution in [2.45, 2.75) is 26.8 Å².